The van der Waals surface area contributed by atoms with Gasteiger partial charge in [0.25, 0.3) is 15.9 Å². The fourth-order valence-corrected chi connectivity index (χ4v) is 6.69. The Morgan fingerprint density at radius 2 is 1.51 bits per heavy atom. The molecule has 0 spiro atoms. The molecule has 4 rings (SSSR count). The summed E-state index contributed by atoms with van der Waals surface area (Å²) in [4.78, 5) is 13.1. The van der Waals surface area contributed by atoms with Gasteiger partial charge in [0.05, 0.1) is 36.7 Å². The van der Waals surface area contributed by atoms with Crippen molar-refractivity contribution in [2.75, 3.05) is 25.1 Å². The summed E-state index contributed by atoms with van der Waals surface area (Å²) in [5.41, 5.74) is 10.9. The molecule has 1 heterocycles. The van der Waals surface area contributed by atoms with E-state index in [1.165, 1.54) is 32.4 Å². The topological polar surface area (TPSA) is 102 Å². The van der Waals surface area contributed by atoms with Crippen LogP contribution in [0.5, 0.6) is 11.5 Å². The molecule has 43 heavy (non-hydrogen) atoms. The number of benzene rings is 3. The predicted octanol–water partition coefficient (Wildman–Crippen LogP) is 5.69. The molecular weight excluding hydrogens is 564 g/mol. The molecule has 0 radical (unpaired) electrons. The normalized spacial score (nSPS) is 11.5. The number of hydrogen-bond acceptors (Lipinski definition) is 6. The van der Waals surface area contributed by atoms with Gasteiger partial charge in [-0.1, -0.05) is 24.3 Å². The number of nitrogens with zero attached hydrogens (tertiary/aromatic N) is 3. The molecule has 226 valence electrons. The summed E-state index contributed by atoms with van der Waals surface area (Å²) in [6.07, 6.45) is 1.58. The molecule has 0 aliphatic heterocycles. The molecule has 0 aliphatic carbocycles. The van der Waals surface area contributed by atoms with Crippen molar-refractivity contribution in [1.82, 2.24) is 9.99 Å². The molecule has 1 aromatic heterocycles. The van der Waals surface area contributed by atoms with Gasteiger partial charge in [-0.2, -0.15) is 5.10 Å². The van der Waals surface area contributed by atoms with Crippen LogP contribution in [-0.4, -0.2) is 45.9 Å². The van der Waals surface area contributed by atoms with Gasteiger partial charge in [0, 0.05) is 23.0 Å². The lowest BCUT2D eigenvalue weighted by molar-refractivity contribution is -0.119. The zero-order chi connectivity index (χ0) is 31.5. The Hall–Kier alpha value is -4.57. The molecule has 0 saturated carbocycles. The van der Waals surface area contributed by atoms with Crippen LogP contribution in [0, 0.1) is 41.5 Å². The Morgan fingerprint density at radius 1 is 0.884 bits per heavy atom. The van der Waals surface area contributed by atoms with E-state index >= 15 is 0 Å². The van der Waals surface area contributed by atoms with Crippen molar-refractivity contribution in [1.29, 1.82) is 0 Å². The summed E-state index contributed by atoms with van der Waals surface area (Å²) in [6, 6.07) is 17.9. The highest BCUT2D eigenvalue weighted by Gasteiger charge is 2.29. The van der Waals surface area contributed by atoms with E-state index < -0.39 is 22.5 Å². The zero-order valence-electron chi connectivity index (χ0n) is 25.8. The Morgan fingerprint density at radius 3 is 2.12 bits per heavy atom. The van der Waals surface area contributed by atoms with Gasteiger partial charge in [0.2, 0.25) is 0 Å². The van der Waals surface area contributed by atoms with Gasteiger partial charge in [-0.3, -0.25) is 9.10 Å². The maximum absolute atomic E-state index is 13.9. The van der Waals surface area contributed by atoms with E-state index in [-0.39, 0.29) is 10.6 Å². The maximum atomic E-state index is 13.9. The summed E-state index contributed by atoms with van der Waals surface area (Å²) in [5.74, 6) is 0.0583. The van der Waals surface area contributed by atoms with Gasteiger partial charge < -0.3 is 14.0 Å². The van der Waals surface area contributed by atoms with E-state index in [1.807, 2.05) is 45.9 Å². The van der Waals surface area contributed by atoms with Crippen LogP contribution in [0.4, 0.5) is 5.69 Å². The van der Waals surface area contributed by atoms with Crippen molar-refractivity contribution < 1.29 is 22.7 Å². The van der Waals surface area contributed by atoms with Gasteiger partial charge in [-0.25, -0.2) is 13.8 Å². The Kier molecular flexibility index (Phi) is 9.30. The van der Waals surface area contributed by atoms with Gasteiger partial charge >= 0.3 is 0 Å². The highest BCUT2D eigenvalue weighted by Crippen LogP contribution is 2.33. The minimum atomic E-state index is -4.18. The summed E-state index contributed by atoms with van der Waals surface area (Å²) in [7, 11) is -1.28. The molecule has 1 amide bonds. The molecule has 10 heteroatoms. The first-order chi connectivity index (χ1) is 20.4. The predicted molar refractivity (Wildman–Crippen MR) is 170 cm³/mol. The summed E-state index contributed by atoms with van der Waals surface area (Å²) in [6.45, 7) is 11.4. The standard InChI is InChI=1S/C33H38N4O5S/c1-21-14-22(2)16-28(15-21)36(43(39,40)29-12-13-30(41-7)31(18-29)42-8)20-32(38)35-34-19-27-17-25(5)37(26(27)6)33-23(3)10-9-11-24(33)4/h9-19H,20H2,1-8H3,(H,35,38)/b34-19-. The fourth-order valence-electron chi connectivity index (χ4n) is 5.27. The first-order valence-corrected chi connectivity index (χ1v) is 15.2. The molecule has 0 unspecified atom stereocenters. The monoisotopic (exact) mass is 602 g/mol. The third-order valence-corrected chi connectivity index (χ3v) is 9.02. The van der Waals surface area contributed by atoms with Crippen molar-refractivity contribution in [3.8, 4) is 17.2 Å². The highest BCUT2D eigenvalue weighted by molar-refractivity contribution is 7.92. The number of carbonyl (C=O) groups excluding carboxylic acids is 1. The van der Waals surface area contributed by atoms with E-state index in [9.17, 15) is 13.2 Å². The molecular formula is C33H38N4O5S. The van der Waals surface area contributed by atoms with Crippen molar-refractivity contribution in [2.24, 2.45) is 5.10 Å². The van der Waals surface area contributed by atoms with E-state index in [2.05, 4.69) is 41.1 Å². The molecule has 9 nitrogen and oxygen atoms in total. The number of aryl methyl sites for hydroxylation is 5. The van der Waals surface area contributed by atoms with Crippen LogP contribution in [0.25, 0.3) is 5.69 Å². The number of amides is 1. The highest BCUT2D eigenvalue weighted by atomic mass is 32.2. The minimum absolute atomic E-state index is 0.0421. The number of para-hydroxylation sites is 1. The third-order valence-electron chi connectivity index (χ3n) is 7.25. The van der Waals surface area contributed by atoms with Crippen molar-refractivity contribution in [3.05, 3.63) is 99.9 Å². The summed E-state index contributed by atoms with van der Waals surface area (Å²) < 4.78 is 41.7. The number of sulfonamides is 1. The maximum Gasteiger partial charge on any atom is 0.264 e. The average Bonchev–Trinajstić information content (AvgIpc) is 3.22. The number of methoxy groups -OCH3 is 2. The van der Waals surface area contributed by atoms with Crippen LogP contribution >= 0.6 is 0 Å². The quantitative estimate of drug-likeness (QED) is 0.186. The lowest BCUT2D eigenvalue weighted by atomic mass is 10.1. The van der Waals surface area contributed by atoms with Crippen LogP contribution in [0.2, 0.25) is 0 Å². The van der Waals surface area contributed by atoms with Crippen molar-refractivity contribution in [3.63, 3.8) is 0 Å². The fraction of sp³-hybridized carbons (Fsp3) is 0.273. The third kappa shape index (κ3) is 6.59. The number of ether oxygens (including phenoxy) is 2. The molecule has 0 aliphatic rings. The Labute approximate surface area is 253 Å². The molecule has 4 aromatic rings. The lowest BCUT2D eigenvalue weighted by Gasteiger charge is -2.25. The molecule has 3 aromatic carbocycles. The molecule has 0 fully saturated rings. The van der Waals surface area contributed by atoms with Crippen LogP contribution in [0.3, 0.4) is 0 Å². The van der Waals surface area contributed by atoms with Gasteiger partial charge in [0.1, 0.15) is 6.54 Å². The van der Waals surface area contributed by atoms with E-state index in [4.69, 9.17) is 9.47 Å². The molecule has 0 saturated heterocycles. The van der Waals surface area contributed by atoms with Crippen LogP contribution < -0.4 is 19.2 Å². The average molecular weight is 603 g/mol. The second-order valence-corrected chi connectivity index (χ2v) is 12.4. The first-order valence-electron chi connectivity index (χ1n) is 13.8. The van der Waals surface area contributed by atoms with Crippen molar-refractivity contribution in [2.45, 2.75) is 46.4 Å². The summed E-state index contributed by atoms with van der Waals surface area (Å²) >= 11 is 0. The van der Waals surface area contributed by atoms with Gasteiger partial charge in [-0.05, 0) is 94.1 Å². The number of nitrogens with one attached hydrogen (secondary N) is 1. The SMILES string of the molecule is COc1ccc(S(=O)(=O)N(CC(=O)N/N=C\c2cc(C)n(-c3c(C)cccc3C)c2C)c2cc(C)cc(C)c2)cc1OC. The smallest absolute Gasteiger partial charge is 0.264 e. The number of carbonyl (C=O) groups is 1. The number of rotatable bonds is 10. The first kappa shape index (κ1) is 31.4. The minimum Gasteiger partial charge on any atom is -0.493 e. The molecule has 0 bridgehead atoms. The largest absolute Gasteiger partial charge is 0.493 e. The molecule has 0 atom stereocenters. The number of hydrazone groups is 1. The number of anilines is 1. The van der Waals surface area contributed by atoms with Crippen LogP contribution in [0.15, 0.2) is 70.7 Å². The van der Waals surface area contributed by atoms with Crippen molar-refractivity contribution >= 4 is 27.8 Å². The van der Waals surface area contributed by atoms with E-state index in [0.29, 0.717) is 11.4 Å². The van der Waals surface area contributed by atoms with E-state index in [1.54, 1.807) is 18.3 Å². The van der Waals surface area contributed by atoms with E-state index in [0.717, 1.165) is 49.2 Å². The lowest BCUT2D eigenvalue weighted by Crippen LogP contribution is -2.39. The zero-order valence-corrected chi connectivity index (χ0v) is 26.7. The summed E-state index contributed by atoms with van der Waals surface area (Å²) in [5, 5.41) is 4.19. The molecule has 1 N–H and O–H groups in total. The van der Waals surface area contributed by atoms with Crippen LogP contribution in [-0.2, 0) is 14.8 Å². The second kappa shape index (κ2) is 12.7. The second-order valence-electron chi connectivity index (χ2n) is 10.6. The Balaban J connectivity index is 1.63. The van der Waals surface area contributed by atoms with Gasteiger partial charge in [0.15, 0.2) is 11.5 Å². The number of hydrogen-bond donors (Lipinski definition) is 1. The van der Waals surface area contributed by atoms with Crippen LogP contribution in [0.1, 0.15) is 39.2 Å². The number of aromatic nitrogens is 1. The Bertz CT molecular complexity index is 1770. The van der Waals surface area contributed by atoms with Gasteiger partial charge in [-0.15, -0.1) is 0 Å².